The summed E-state index contributed by atoms with van der Waals surface area (Å²) in [4.78, 5) is 4.21. The van der Waals surface area contributed by atoms with Crippen LogP contribution in [-0.4, -0.2) is 18.3 Å². The maximum atomic E-state index is 5.94. The van der Waals surface area contributed by atoms with Crippen molar-refractivity contribution in [1.82, 2.24) is 4.98 Å². The first-order valence-electron chi connectivity index (χ1n) is 5.94. The number of halogens is 1. The molecule has 18 heavy (non-hydrogen) atoms. The first kappa shape index (κ1) is 12.2. The Morgan fingerprint density at radius 2 is 1.89 bits per heavy atom. The third-order valence-electron chi connectivity index (χ3n) is 3.21. The van der Waals surface area contributed by atoms with Crippen molar-refractivity contribution in [3.63, 3.8) is 0 Å². The zero-order valence-electron chi connectivity index (χ0n) is 10.6. The fourth-order valence-electron chi connectivity index (χ4n) is 2.14. The molecule has 0 radical (unpaired) electrons. The number of aromatic nitrogens is 1. The van der Waals surface area contributed by atoms with Crippen LogP contribution in [0, 0.1) is 0 Å². The second kappa shape index (κ2) is 4.10. The Labute approximate surface area is 117 Å². The van der Waals surface area contributed by atoms with Crippen LogP contribution in [-0.2, 0) is 0 Å². The van der Waals surface area contributed by atoms with E-state index in [4.69, 9.17) is 4.42 Å². The molecular weight excluding hydrogens is 351 g/mol. The molecule has 0 aliphatic heterocycles. The average Bonchev–Trinajstić information content (AvgIpc) is 2.67. The van der Waals surface area contributed by atoms with Crippen molar-refractivity contribution < 1.29 is 4.42 Å². The summed E-state index contributed by atoms with van der Waals surface area (Å²) in [6.07, 6.45) is 1.80. The minimum atomic E-state index is -1.80. The predicted octanol–water partition coefficient (Wildman–Crippen LogP) is 4.29. The van der Waals surface area contributed by atoms with E-state index < -0.39 is 13.3 Å². The van der Waals surface area contributed by atoms with Crippen molar-refractivity contribution >= 4 is 55.5 Å². The number of furan rings is 1. The van der Waals surface area contributed by atoms with E-state index >= 15 is 0 Å². The van der Waals surface area contributed by atoms with Crippen molar-refractivity contribution in [3.8, 4) is 0 Å². The number of benzene rings is 1. The van der Waals surface area contributed by atoms with Gasteiger partial charge in [0, 0.05) is 0 Å². The molecule has 3 rings (SSSR count). The summed E-state index contributed by atoms with van der Waals surface area (Å²) in [6.45, 7) is 0. The van der Waals surface area contributed by atoms with Crippen LogP contribution in [0.1, 0.15) is 0 Å². The normalized spacial score (nSPS) is 12.4. The van der Waals surface area contributed by atoms with Crippen LogP contribution in [0.15, 0.2) is 39.5 Å². The maximum absolute atomic E-state index is 5.94. The van der Waals surface area contributed by atoms with E-state index in [-0.39, 0.29) is 0 Å². The molecule has 0 amide bonds. The molecular formula is C14H14BrGeNO. The Morgan fingerprint density at radius 3 is 2.61 bits per heavy atom. The summed E-state index contributed by atoms with van der Waals surface area (Å²) in [5.41, 5.74) is 1.81. The van der Waals surface area contributed by atoms with Gasteiger partial charge in [0.05, 0.1) is 0 Å². The summed E-state index contributed by atoms with van der Waals surface area (Å²) in [6, 6.07) is 8.65. The van der Waals surface area contributed by atoms with Crippen LogP contribution < -0.4 is 4.40 Å². The van der Waals surface area contributed by atoms with E-state index in [2.05, 4.69) is 56.4 Å². The average molecular weight is 365 g/mol. The topological polar surface area (TPSA) is 26.0 Å². The summed E-state index contributed by atoms with van der Waals surface area (Å²) in [5, 5.41) is 2.29. The van der Waals surface area contributed by atoms with E-state index in [9.17, 15) is 0 Å². The molecule has 3 aromatic rings. The van der Waals surface area contributed by atoms with Gasteiger partial charge in [0.2, 0.25) is 0 Å². The number of pyridine rings is 1. The van der Waals surface area contributed by atoms with Crippen LogP contribution in [0.25, 0.3) is 21.9 Å². The molecule has 0 fully saturated rings. The molecule has 0 unspecified atom stereocenters. The Morgan fingerprint density at radius 1 is 1.11 bits per heavy atom. The molecule has 2 nitrogen and oxygen atoms in total. The second-order valence-corrected chi connectivity index (χ2v) is 16.9. The van der Waals surface area contributed by atoms with Crippen LogP contribution in [0.2, 0.25) is 17.3 Å². The predicted molar refractivity (Wildman–Crippen MR) is 82.2 cm³/mol. The SMILES string of the molecule is [CH3][Ge]([CH3])([CH3])[c]1ccc2c(c1)oc1c(Br)nccc12. The molecule has 0 atom stereocenters. The molecule has 92 valence electrons. The van der Waals surface area contributed by atoms with E-state index in [1.807, 2.05) is 6.07 Å². The zero-order valence-corrected chi connectivity index (χ0v) is 14.3. The monoisotopic (exact) mass is 365 g/mol. The van der Waals surface area contributed by atoms with Crippen molar-refractivity contribution in [2.24, 2.45) is 0 Å². The zero-order chi connectivity index (χ0) is 12.9. The fourth-order valence-corrected chi connectivity index (χ4v) is 4.96. The summed E-state index contributed by atoms with van der Waals surface area (Å²) < 4.78 is 8.18. The van der Waals surface area contributed by atoms with Crippen molar-refractivity contribution in [2.75, 3.05) is 0 Å². The van der Waals surface area contributed by atoms with Gasteiger partial charge < -0.3 is 0 Å². The van der Waals surface area contributed by atoms with E-state index in [0.717, 1.165) is 21.2 Å². The van der Waals surface area contributed by atoms with Crippen molar-refractivity contribution in [3.05, 3.63) is 35.1 Å². The molecule has 1 aromatic carbocycles. The molecule has 0 saturated heterocycles. The van der Waals surface area contributed by atoms with Gasteiger partial charge in [-0.1, -0.05) is 0 Å². The summed E-state index contributed by atoms with van der Waals surface area (Å²) in [7, 11) is 0. The van der Waals surface area contributed by atoms with E-state index in [1.54, 1.807) is 6.20 Å². The quantitative estimate of drug-likeness (QED) is 0.475. The summed E-state index contributed by atoms with van der Waals surface area (Å²) in [5.74, 6) is 7.17. The number of nitrogens with zero attached hydrogens (tertiary/aromatic N) is 1. The van der Waals surface area contributed by atoms with Gasteiger partial charge in [-0.3, -0.25) is 0 Å². The number of hydrogen-bond acceptors (Lipinski definition) is 2. The molecule has 0 N–H and O–H groups in total. The van der Waals surface area contributed by atoms with Crippen molar-refractivity contribution in [1.29, 1.82) is 0 Å². The molecule has 2 heterocycles. The Bertz CT molecular complexity index is 742. The van der Waals surface area contributed by atoms with E-state index in [0.29, 0.717) is 0 Å². The van der Waals surface area contributed by atoms with Gasteiger partial charge in [-0.05, 0) is 0 Å². The van der Waals surface area contributed by atoms with Gasteiger partial charge in [0.15, 0.2) is 0 Å². The second-order valence-electron chi connectivity index (χ2n) is 5.54. The molecule has 0 spiro atoms. The molecule has 0 bridgehead atoms. The molecule has 2 aromatic heterocycles. The first-order chi connectivity index (χ1) is 8.47. The standard InChI is InChI=1S/C14H14BrGeNO/c1-16(2,3)9-4-5-10-11-6-7-17-14(15)13(11)18-12(10)8-9/h4-8H,1-3H3. The van der Waals surface area contributed by atoms with Crippen LogP contribution in [0.3, 0.4) is 0 Å². The number of fused-ring (bicyclic) bond motifs is 3. The molecule has 0 aliphatic carbocycles. The van der Waals surface area contributed by atoms with Gasteiger partial charge >= 0.3 is 117 Å². The van der Waals surface area contributed by atoms with Crippen LogP contribution in [0.5, 0.6) is 0 Å². The molecule has 0 aliphatic rings. The number of hydrogen-bond donors (Lipinski definition) is 0. The fraction of sp³-hybridized carbons (Fsp3) is 0.214. The van der Waals surface area contributed by atoms with Gasteiger partial charge in [0.25, 0.3) is 0 Å². The van der Waals surface area contributed by atoms with Gasteiger partial charge in [-0.2, -0.15) is 0 Å². The molecule has 4 heteroatoms. The number of rotatable bonds is 1. The molecule has 0 saturated carbocycles. The Balaban J connectivity index is 2.37. The third-order valence-corrected chi connectivity index (χ3v) is 8.06. The van der Waals surface area contributed by atoms with Gasteiger partial charge in [-0.15, -0.1) is 0 Å². The van der Waals surface area contributed by atoms with Crippen LogP contribution >= 0.6 is 15.9 Å². The Hall–Kier alpha value is -0.807. The first-order valence-corrected chi connectivity index (χ1v) is 14.1. The summed E-state index contributed by atoms with van der Waals surface area (Å²) >= 11 is 1.64. The van der Waals surface area contributed by atoms with Crippen LogP contribution in [0.4, 0.5) is 0 Å². The van der Waals surface area contributed by atoms with Gasteiger partial charge in [0.1, 0.15) is 0 Å². The van der Waals surface area contributed by atoms with Gasteiger partial charge in [-0.25, -0.2) is 0 Å². The third kappa shape index (κ3) is 1.89. The minimum absolute atomic E-state index is 0.773. The Kier molecular flexibility index (Phi) is 2.79. The van der Waals surface area contributed by atoms with E-state index in [1.165, 1.54) is 9.78 Å². The van der Waals surface area contributed by atoms with Crippen molar-refractivity contribution in [2.45, 2.75) is 17.3 Å².